The molecule has 0 amide bonds. The summed E-state index contributed by atoms with van der Waals surface area (Å²) in [6.45, 7) is 1.93. The molecular formula is C12H13ClN4. The van der Waals surface area contributed by atoms with E-state index in [-0.39, 0.29) is 5.28 Å². The summed E-state index contributed by atoms with van der Waals surface area (Å²) in [7, 11) is 1.88. The minimum absolute atomic E-state index is 0.239. The first kappa shape index (κ1) is 11.7. The fraction of sp³-hybridized carbons (Fsp3) is 0.167. The molecule has 1 heterocycles. The van der Waals surface area contributed by atoms with E-state index in [1.165, 1.54) is 0 Å². The Hall–Kier alpha value is -1.81. The minimum Gasteiger partial charge on any atom is -0.388 e. The van der Waals surface area contributed by atoms with Crippen molar-refractivity contribution in [3.05, 3.63) is 41.3 Å². The van der Waals surface area contributed by atoms with Gasteiger partial charge in [0.05, 0.1) is 0 Å². The van der Waals surface area contributed by atoms with Crippen LogP contribution in [0.15, 0.2) is 30.5 Å². The van der Waals surface area contributed by atoms with Crippen LogP contribution in [0.25, 0.3) is 0 Å². The van der Waals surface area contributed by atoms with Gasteiger partial charge in [-0.25, -0.2) is 9.97 Å². The van der Waals surface area contributed by atoms with Crippen molar-refractivity contribution < 1.29 is 0 Å². The molecule has 2 N–H and O–H groups in total. The Morgan fingerprint density at radius 3 is 2.76 bits per heavy atom. The van der Waals surface area contributed by atoms with Crippen LogP contribution in [-0.4, -0.2) is 17.0 Å². The fourth-order valence-electron chi connectivity index (χ4n) is 1.44. The highest BCUT2D eigenvalue weighted by atomic mass is 35.5. The lowest BCUT2D eigenvalue weighted by molar-refractivity contribution is 1.13. The molecule has 0 aliphatic rings. The second-order valence-corrected chi connectivity index (χ2v) is 3.96. The quantitative estimate of drug-likeness (QED) is 0.819. The van der Waals surface area contributed by atoms with Crippen LogP contribution in [0, 0.1) is 6.92 Å². The number of halogens is 1. The van der Waals surface area contributed by atoms with Gasteiger partial charge < -0.3 is 10.6 Å². The highest BCUT2D eigenvalue weighted by molar-refractivity contribution is 6.28. The monoisotopic (exact) mass is 248 g/mol. The molecule has 0 bridgehead atoms. The molecule has 0 unspecified atom stereocenters. The molecule has 0 saturated carbocycles. The molecule has 0 spiro atoms. The molecule has 0 radical (unpaired) electrons. The van der Waals surface area contributed by atoms with Crippen molar-refractivity contribution in [1.82, 2.24) is 9.97 Å². The van der Waals surface area contributed by atoms with Gasteiger partial charge in [-0.2, -0.15) is 0 Å². The summed E-state index contributed by atoms with van der Waals surface area (Å²) in [5.41, 5.74) is 2.94. The molecule has 1 aromatic heterocycles. The first-order chi connectivity index (χ1) is 8.19. The Morgan fingerprint density at radius 2 is 2.00 bits per heavy atom. The summed E-state index contributed by atoms with van der Waals surface area (Å²) in [5, 5.41) is 6.53. The van der Waals surface area contributed by atoms with Crippen molar-refractivity contribution in [2.24, 2.45) is 0 Å². The highest BCUT2D eigenvalue weighted by Crippen LogP contribution is 2.21. The zero-order valence-corrected chi connectivity index (χ0v) is 10.4. The van der Waals surface area contributed by atoms with Crippen molar-refractivity contribution in [2.45, 2.75) is 6.92 Å². The fourth-order valence-corrected chi connectivity index (χ4v) is 1.57. The van der Waals surface area contributed by atoms with E-state index in [4.69, 9.17) is 11.6 Å². The number of rotatable bonds is 3. The van der Waals surface area contributed by atoms with Gasteiger partial charge in [0.25, 0.3) is 0 Å². The maximum atomic E-state index is 5.77. The van der Waals surface area contributed by atoms with E-state index in [9.17, 15) is 0 Å². The lowest BCUT2D eigenvalue weighted by Crippen LogP contribution is -1.98. The Morgan fingerprint density at radius 1 is 1.24 bits per heavy atom. The van der Waals surface area contributed by atoms with Crippen molar-refractivity contribution in [1.29, 1.82) is 0 Å². The topological polar surface area (TPSA) is 49.8 Å². The van der Waals surface area contributed by atoms with Crippen LogP contribution >= 0.6 is 11.6 Å². The van der Waals surface area contributed by atoms with Crippen LogP contribution in [0.5, 0.6) is 0 Å². The van der Waals surface area contributed by atoms with Crippen LogP contribution in [0.2, 0.25) is 5.28 Å². The van der Waals surface area contributed by atoms with E-state index in [1.807, 2.05) is 38.2 Å². The van der Waals surface area contributed by atoms with Gasteiger partial charge in [-0.15, -0.1) is 0 Å². The third-order valence-corrected chi connectivity index (χ3v) is 2.54. The number of aryl methyl sites for hydroxylation is 1. The molecule has 1 aromatic carbocycles. The van der Waals surface area contributed by atoms with Gasteiger partial charge in [-0.3, -0.25) is 0 Å². The molecule has 0 aliphatic carbocycles. The Kier molecular flexibility index (Phi) is 3.44. The van der Waals surface area contributed by atoms with Crippen LogP contribution in [0.1, 0.15) is 5.56 Å². The second kappa shape index (κ2) is 5.01. The standard InChI is InChI=1S/C12H13ClN4/c1-8-7-15-12(13)17-11(8)16-10-5-3-4-9(6-10)14-2/h3-7,14H,1-2H3,(H,15,16,17). The Balaban J connectivity index is 2.27. The lowest BCUT2D eigenvalue weighted by atomic mass is 10.2. The molecule has 2 rings (SSSR count). The van der Waals surface area contributed by atoms with Crippen LogP contribution in [0.4, 0.5) is 17.2 Å². The Labute approximate surface area is 105 Å². The van der Waals surface area contributed by atoms with Gasteiger partial charge in [-0.1, -0.05) is 6.07 Å². The summed E-state index contributed by atoms with van der Waals surface area (Å²) in [4.78, 5) is 8.06. The third kappa shape index (κ3) is 2.85. The van der Waals surface area contributed by atoms with E-state index in [0.717, 1.165) is 22.8 Å². The zero-order chi connectivity index (χ0) is 12.3. The number of hydrogen-bond donors (Lipinski definition) is 2. The molecule has 88 valence electrons. The van der Waals surface area contributed by atoms with E-state index < -0.39 is 0 Å². The maximum Gasteiger partial charge on any atom is 0.224 e. The van der Waals surface area contributed by atoms with E-state index in [2.05, 4.69) is 20.6 Å². The van der Waals surface area contributed by atoms with E-state index >= 15 is 0 Å². The number of nitrogens with zero attached hydrogens (tertiary/aromatic N) is 2. The van der Waals surface area contributed by atoms with E-state index in [1.54, 1.807) is 6.20 Å². The minimum atomic E-state index is 0.239. The number of benzene rings is 1. The predicted octanol–water partition coefficient (Wildman–Crippen LogP) is 3.22. The first-order valence-corrected chi connectivity index (χ1v) is 5.61. The van der Waals surface area contributed by atoms with Gasteiger partial charge in [0, 0.05) is 30.2 Å². The summed E-state index contributed by atoms with van der Waals surface area (Å²) in [6, 6.07) is 7.92. The molecule has 5 heteroatoms. The largest absolute Gasteiger partial charge is 0.388 e. The molecule has 2 aromatic rings. The lowest BCUT2D eigenvalue weighted by Gasteiger charge is -2.09. The average molecular weight is 249 g/mol. The van der Waals surface area contributed by atoms with Crippen molar-refractivity contribution in [3.8, 4) is 0 Å². The molecule has 17 heavy (non-hydrogen) atoms. The van der Waals surface area contributed by atoms with Crippen LogP contribution < -0.4 is 10.6 Å². The summed E-state index contributed by atoms with van der Waals surface area (Å²) in [6.07, 6.45) is 1.69. The average Bonchev–Trinajstić information content (AvgIpc) is 2.34. The Bertz CT molecular complexity index is 528. The third-order valence-electron chi connectivity index (χ3n) is 2.36. The molecule has 0 saturated heterocycles. The highest BCUT2D eigenvalue weighted by Gasteiger charge is 2.03. The number of nitrogens with one attached hydrogen (secondary N) is 2. The molecular weight excluding hydrogens is 236 g/mol. The van der Waals surface area contributed by atoms with Crippen molar-refractivity contribution in [3.63, 3.8) is 0 Å². The molecule has 0 fully saturated rings. The van der Waals surface area contributed by atoms with Gasteiger partial charge in [0.15, 0.2) is 0 Å². The van der Waals surface area contributed by atoms with Crippen molar-refractivity contribution >= 4 is 28.8 Å². The van der Waals surface area contributed by atoms with Gasteiger partial charge in [-0.05, 0) is 36.7 Å². The van der Waals surface area contributed by atoms with Gasteiger partial charge in [0.2, 0.25) is 5.28 Å². The van der Waals surface area contributed by atoms with Crippen LogP contribution in [-0.2, 0) is 0 Å². The predicted molar refractivity (Wildman–Crippen MR) is 71.1 cm³/mol. The molecule has 0 aliphatic heterocycles. The maximum absolute atomic E-state index is 5.77. The molecule has 4 nitrogen and oxygen atoms in total. The smallest absolute Gasteiger partial charge is 0.224 e. The van der Waals surface area contributed by atoms with Gasteiger partial charge in [0.1, 0.15) is 5.82 Å². The van der Waals surface area contributed by atoms with Crippen molar-refractivity contribution in [2.75, 3.05) is 17.7 Å². The number of aromatic nitrogens is 2. The SMILES string of the molecule is CNc1cccc(Nc2nc(Cl)ncc2C)c1. The normalized spacial score (nSPS) is 10.1. The number of hydrogen-bond acceptors (Lipinski definition) is 4. The number of anilines is 3. The van der Waals surface area contributed by atoms with Gasteiger partial charge >= 0.3 is 0 Å². The molecule has 0 atom stereocenters. The summed E-state index contributed by atoms with van der Waals surface area (Å²) >= 11 is 5.77. The second-order valence-electron chi connectivity index (χ2n) is 3.63. The summed E-state index contributed by atoms with van der Waals surface area (Å²) in [5.74, 6) is 0.721. The summed E-state index contributed by atoms with van der Waals surface area (Å²) < 4.78 is 0. The van der Waals surface area contributed by atoms with Crippen LogP contribution in [0.3, 0.4) is 0 Å². The zero-order valence-electron chi connectivity index (χ0n) is 9.66. The first-order valence-electron chi connectivity index (χ1n) is 5.23. The van der Waals surface area contributed by atoms with E-state index in [0.29, 0.717) is 0 Å².